The Bertz CT molecular complexity index is 1120. The average Bonchev–Trinajstić information content (AvgIpc) is 2.81. The SMILES string of the molecule is COc1ccccc1NC(=O)c1ccc(N2CCCN(Cc3cccc(F)c3)C2=O)cc1. The molecule has 32 heavy (non-hydrogen) atoms. The Hall–Kier alpha value is -3.87. The molecule has 3 aromatic rings. The maximum Gasteiger partial charge on any atom is 0.324 e. The Morgan fingerprint density at radius 2 is 1.81 bits per heavy atom. The zero-order valence-corrected chi connectivity index (χ0v) is 17.8. The second kappa shape index (κ2) is 9.51. The van der Waals surface area contributed by atoms with Crippen molar-refractivity contribution in [2.24, 2.45) is 0 Å². The van der Waals surface area contributed by atoms with E-state index in [4.69, 9.17) is 4.74 Å². The number of benzene rings is 3. The number of halogens is 1. The maximum absolute atomic E-state index is 13.5. The van der Waals surface area contributed by atoms with Gasteiger partial charge in [-0.15, -0.1) is 0 Å². The lowest BCUT2D eigenvalue weighted by Crippen LogP contribution is -2.49. The largest absolute Gasteiger partial charge is 0.495 e. The van der Waals surface area contributed by atoms with Crippen LogP contribution >= 0.6 is 0 Å². The van der Waals surface area contributed by atoms with E-state index in [-0.39, 0.29) is 17.8 Å². The smallest absolute Gasteiger partial charge is 0.324 e. The minimum absolute atomic E-state index is 0.133. The van der Waals surface area contributed by atoms with Gasteiger partial charge in [-0.2, -0.15) is 0 Å². The molecular formula is C25H24FN3O3. The molecule has 0 aliphatic carbocycles. The van der Waals surface area contributed by atoms with Crippen molar-refractivity contribution < 1.29 is 18.7 Å². The molecule has 1 fully saturated rings. The number of carbonyl (C=O) groups is 2. The highest BCUT2D eigenvalue weighted by Crippen LogP contribution is 2.25. The lowest BCUT2D eigenvalue weighted by molar-refractivity contribution is 0.102. The summed E-state index contributed by atoms with van der Waals surface area (Å²) in [6, 6.07) is 20.3. The van der Waals surface area contributed by atoms with Gasteiger partial charge in [0.15, 0.2) is 0 Å². The number of nitrogens with one attached hydrogen (secondary N) is 1. The Morgan fingerprint density at radius 1 is 1.03 bits per heavy atom. The summed E-state index contributed by atoms with van der Waals surface area (Å²) in [6.45, 7) is 1.56. The first kappa shape index (κ1) is 21.4. The highest BCUT2D eigenvalue weighted by atomic mass is 19.1. The minimum atomic E-state index is -0.314. The number of amides is 3. The third-order valence-electron chi connectivity index (χ3n) is 5.37. The van der Waals surface area contributed by atoms with E-state index in [1.807, 2.05) is 18.2 Å². The fourth-order valence-electron chi connectivity index (χ4n) is 3.76. The summed E-state index contributed by atoms with van der Waals surface area (Å²) < 4.78 is 18.8. The van der Waals surface area contributed by atoms with E-state index in [1.54, 1.807) is 59.4 Å². The van der Waals surface area contributed by atoms with Crippen LogP contribution < -0.4 is 15.0 Å². The van der Waals surface area contributed by atoms with E-state index >= 15 is 0 Å². The Labute approximate surface area is 186 Å². The summed E-state index contributed by atoms with van der Waals surface area (Å²) >= 11 is 0. The molecule has 4 rings (SSSR count). The number of urea groups is 1. The second-order valence-electron chi connectivity index (χ2n) is 7.54. The van der Waals surface area contributed by atoms with E-state index in [1.165, 1.54) is 12.1 Å². The number of nitrogens with zero attached hydrogens (tertiary/aromatic N) is 2. The van der Waals surface area contributed by atoms with Gasteiger partial charge in [-0.05, 0) is 60.5 Å². The van der Waals surface area contributed by atoms with Crippen LogP contribution in [0.2, 0.25) is 0 Å². The molecule has 0 radical (unpaired) electrons. The van der Waals surface area contributed by atoms with Crippen molar-refractivity contribution >= 4 is 23.3 Å². The van der Waals surface area contributed by atoms with Gasteiger partial charge in [0.05, 0.1) is 12.8 Å². The maximum atomic E-state index is 13.5. The molecule has 1 N–H and O–H groups in total. The number of para-hydroxylation sites is 2. The molecule has 0 atom stereocenters. The van der Waals surface area contributed by atoms with Crippen molar-refractivity contribution in [1.82, 2.24) is 4.90 Å². The first-order chi connectivity index (χ1) is 15.5. The molecule has 0 saturated carbocycles. The van der Waals surface area contributed by atoms with E-state index in [0.29, 0.717) is 42.3 Å². The lowest BCUT2D eigenvalue weighted by Gasteiger charge is -2.35. The van der Waals surface area contributed by atoms with Gasteiger partial charge in [0.1, 0.15) is 11.6 Å². The highest BCUT2D eigenvalue weighted by molar-refractivity contribution is 6.05. The normalized spacial score (nSPS) is 13.8. The van der Waals surface area contributed by atoms with Gasteiger partial charge < -0.3 is 15.0 Å². The Balaban J connectivity index is 1.44. The molecule has 164 valence electrons. The zero-order valence-electron chi connectivity index (χ0n) is 17.8. The molecule has 6 nitrogen and oxygen atoms in total. The van der Waals surface area contributed by atoms with E-state index < -0.39 is 0 Å². The lowest BCUT2D eigenvalue weighted by atomic mass is 10.1. The van der Waals surface area contributed by atoms with Crippen molar-refractivity contribution in [3.8, 4) is 5.75 Å². The van der Waals surface area contributed by atoms with Crippen molar-refractivity contribution in [3.05, 3.63) is 89.7 Å². The number of carbonyl (C=O) groups excluding carboxylic acids is 2. The fraction of sp³-hybridized carbons (Fsp3) is 0.200. The number of ether oxygens (including phenoxy) is 1. The predicted octanol–water partition coefficient (Wildman–Crippen LogP) is 4.92. The van der Waals surface area contributed by atoms with E-state index in [9.17, 15) is 14.0 Å². The van der Waals surface area contributed by atoms with Gasteiger partial charge in [-0.25, -0.2) is 9.18 Å². The van der Waals surface area contributed by atoms with Crippen LogP contribution in [-0.4, -0.2) is 37.0 Å². The molecule has 1 saturated heterocycles. The molecule has 1 heterocycles. The van der Waals surface area contributed by atoms with Gasteiger partial charge in [0.2, 0.25) is 0 Å². The van der Waals surface area contributed by atoms with Gasteiger partial charge in [-0.1, -0.05) is 24.3 Å². The standard InChI is InChI=1S/C25H24FN3O3/c1-32-23-9-3-2-8-22(23)27-24(30)19-10-12-21(13-11-19)29-15-5-14-28(25(29)31)17-18-6-4-7-20(26)16-18/h2-4,6-13,16H,5,14-15,17H2,1H3,(H,27,30). The van der Waals surface area contributed by atoms with Gasteiger partial charge in [-0.3, -0.25) is 9.69 Å². The summed E-state index contributed by atoms with van der Waals surface area (Å²) in [6.07, 6.45) is 0.803. The second-order valence-corrected chi connectivity index (χ2v) is 7.54. The monoisotopic (exact) mass is 433 g/mol. The van der Waals surface area contributed by atoms with Gasteiger partial charge >= 0.3 is 6.03 Å². The third-order valence-corrected chi connectivity index (χ3v) is 5.37. The molecule has 0 spiro atoms. The average molecular weight is 433 g/mol. The van der Waals surface area contributed by atoms with Crippen LogP contribution in [0.5, 0.6) is 5.75 Å². The Morgan fingerprint density at radius 3 is 2.56 bits per heavy atom. The molecule has 1 aliphatic rings. The summed E-state index contributed by atoms with van der Waals surface area (Å²) in [7, 11) is 1.55. The molecule has 0 unspecified atom stereocenters. The predicted molar refractivity (Wildman–Crippen MR) is 122 cm³/mol. The molecule has 3 aromatic carbocycles. The molecule has 3 amide bonds. The number of anilines is 2. The van der Waals surface area contributed by atoms with E-state index in [2.05, 4.69) is 5.32 Å². The van der Waals surface area contributed by atoms with Gasteiger partial charge in [0, 0.05) is 30.9 Å². The summed E-state index contributed by atoms with van der Waals surface area (Å²) in [4.78, 5) is 29.0. The number of hydrogen-bond donors (Lipinski definition) is 1. The molecular weight excluding hydrogens is 409 g/mol. The molecule has 1 aliphatic heterocycles. The van der Waals surface area contributed by atoms with Crippen LogP contribution in [-0.2, 0) is 6.54 Å². The number of rotatable bonds is 6. The van der Waals surface area contributed by atoms with Crippen molar-refractivity contribution in [2.75, 3.05) is 30.4 Å². The molecule has 0 aromatic heterocycles. The van der Waals surface area contributed by atoms with Gasteiger partial charge in [0.25, 0.3) is 5.91 Å². The highest BCUT2D eigenvalue weighted by Gasteiger charge is 2.27. The van der Waals surface area contributed by atoms with Crippen LogP contribution in [0.4, 0.5) is 20.6 Å². The molecule has 0 bridgehead atoms. The zero-order chi connectivity index (χ0) is 22.5. The molecule has 7 heteroatoms. The van der Waals surface area contributed by atoms with Crippen molar-refractivity contribution in [1.29, 1.82) is 0 Å². The van der Waals surface area contributed by atoms with Crippen molar-refractivity contribution in [3.63, 3.8) is 0 Å². The van der Waals surface area contributed by atoms with E-state index in [0.717, 1.165) is 12.0 Å². The number of methoxy groups -OCH3 is 1. The summed E-state index contributed by atoms with van der Waals surface area (Å²) in [5.74, 6) is -0.000624. The quantitative estimate of drug-likeness (QED) is 0.600. The van der Waals surface area contributed by atoms with Crippen LogP contribution in [0, 0.1) is 5.82 Å². The van der Waals surface area contributed by atoms with Crippen molar-refractivity contribution in [2.45, 2.75) is 13.0 Å². The first-order valence-corrected chi connectivity index (χ1v) is 10.4. The summed E-state index contributed by atoms with van der Waals surface area (Å²) in [5.41, 5.74) is 2.53. The third kappa shape index (κ3) is 4.72. The summed E-state index contributed by atoms with van der Waals surface area (Å²) in [5, 5.41) is 2.84. The topological polar surface area (TPSA) is 61.9 Å². The Kier molecular flexibility index (Phi) is 6.35. The van der Waals surface area contributed by atoms with Crippen LogP contribution in [0.1, 0.15) is 22.3 Å². The van der Waals surface area contributed by atoms with Crippen LogP contribution in [0.3, 0.4) is 0 Å². The first-order valence-electron chi connectivity index (χ1n) is 10.4. The number of hydrogen-bond acceptors (Lipinski definition) is 3. The van der Waals surface area contributed by atoms with Crippen LogP contribution in [0.25, 0.3) is 0 Å². The van der Waals surface area contributed by atoms with Crippen LogP contribution in [0.15, 0.2) is 72.8 Å². The fourth-order valence-corrected chi connectivity index (χ4v) is 3.76. The minimum Gasteiger partial charge on any atom is -0.495 e.